The number of hydrogen-bond donors (Lipinski definition) is 2. The summed E-state index contributed by atoms with van der Waals surface area (Å²) in [5.74, 6) is -1.22. The predicted octanol–water partition coefficient (Wildman–Crippen LogP) is 1.99. The fourth-order valence-corrected chi connectivity index (χ4v) is 2.00. The van der Waals surface area contributed by atoms with Gasteiger partial charge in [0.2, 0.25) is 0 Å². The van der Waals surface area contributed by atoms with Crippen molar-refractivity contribution in [2.75, 3.05) is 7.11 Å². The van der Waals surface area contributed by atoms with Crippen molar-refractivity contribution in [3.8, 4) is 0 Å². The van der Waals surface area contributed by atoms with E-state index in [1.165, 1.54) is 7.11 Å². The highest BCUT2D eigenvalue weighted by molar-refractivity contribution is 5.79. The zero-order valence-corrected chi connectivity index (χ0v) is 12.0. The quantitative estimate of drug-likeness (QED) is 0.746. The second-order valence-electron chi connectivity index (χ2n) is 5.05. The number of methoxy groups -OCH3 is 1. The molecule has 0 fully saturated rings. The van der Waals surface area contributed by atoms with Crippen LogP contribution < -0.4 is 5.32 Å². The molecule has 110 valence electrons. The van der Waals surface area contributed by atoms with Crippen molar-refractivity contribution in [2.24, 2.45) is 5.92 Å². The van der Waals surface area contributed by atoms with Gasteiger partial charge in [0.25, 0.3) is 0 Å². The Balaban J connectivity index is 2.92. The van der Waals surface area contributed by atoms with E-state index in [4.69, 9.17) is 4.74 Å². The zero-order chi connectivity index (χ0) is 15.1. The van der Waals surface area contributed by atoms with Gasteiger partial charge < -0.3 is 9.84 Å². The second kappa shape index (κ2) is 7.65. The van der Waals surface area contributed by atoms with Crippen LogP contribution in [0.1, 0.15) is 31.9 Å². The van der Waals surface area contributed by atoms with E-state index >= 15 is 0 Å². The second-order valence-corrected chi connectivity index (χ2v) is 5.05. The van der Waals surface area contributed by atoms with Crippen LogP contribution in [0.4, 0.5) is 0 Å². The molecule has 0 saturated carbocycles. The van der Waals surface area contributed by atoms with Gasteiger partial charge in [-0.05, 0) is 17.9 Å². The van der Waals surface area contributed by atoms with Crippen LogP contribution in [0.3, 0.4) is 0 Å². The van der Waals surface area contributed by atoms with E-state index in [0.717, 1.165) is 0 Å². The number of esters is 1. The first-order valence-electron chi connectivity index (χ1n) is 6.57. The number of nitrogens with one attached hydrogen (secondary N) is 1. The summed E-state index contributed by atoms with van der Waals surface area (Å²) < 4.78 is 4.74. The number of carbonyl (C=O) groups is 2. The van der Waals surface area contributed by atoms with Crippen molar-refractivity contribution < 1.29 is 19.4 Å². The maximum Gasteiger partial charge on any atom is 0.325 e. The van der Waals surface area contributed by atoms with Crippen molar-refractivity contribution in [1.82, 2.24) is 5.32 Å². The number of ether oxygens (including phenoxy) is 1. The molecule has 1 aromatic carbocycles. The number of carbonyl (C=O) groups excluding carboxylic acids is 1. The smallest absolute Gasteiger partial charge is 0.325 e. The van der Waals surface area contributed by atoms with E-state index in [2.05, 4.69) is 5.32 Å². The Morgan fingerprint density at radius 2 is 1.85 bits per heavy atom. The van der Waals surface area contributed by atoms with Crippen LogP contribution in [0, 0.1) is 5.92 Å². The molecular formula is C15H21NO4. The van der Waals surface area contributed by atoms with Crippen LogP contribution in [0.15, 0.2) is 30.3 Å². The maximum absolute atomic E-state index is 11.8. The number of aliphatic carboxylic acids is 1. The molecule has 0 radical (unpaired) electrons. The summed E-state index contributed by atoms with van der Waals surface area (Å²) in [5.41, 5.74) is 0.609. The molecule has 0 aromatic heterocycles. The molecule has 5 nitrogen and oxygen atoms in total. The Morgan fingerprint density at radius 3 is 2.30 bits per heavy atom. The topological polar surface area (TPSA) is 75.6 Å². The Hall–Kier alpha value is -1.88. The van der Waals surface area contributed by atoms with E-state index < -0.39 is 24.0 Å². The third-order valence-electron chi connectivity index (χ3n) is 2.94. The molecular weight excluding hydrogens is 258 g/mol. The van der Waals surface area contributed by atoms with Crippen LogP contribution in [-0.4, -0.2) is 30.2 Å². The predicted molar refractivity (Wildman–Crippen MR) is 75.2 cm³/mol. The lowest BCUT2D eigenvalue weighted by Crippen LogP contribution is -2.43. The minimum absolute atomic E-state index is 0.247. The normalized spacial score (nSPS) is 13.8. The number of benzene rings is 1. The van der Waals surface area contributed by atoms with Gasteiger partial charge in [0.05, 0.1) is 7.11 Å². The van der Waals surface area contributed by atoms with E-state index in [9.17, 15) is 14.7 Å². The molecule has 0 amide bonds. The molecule has 20 heavy (non-hydrogen) atoms. The average Bonchev–Trinajstić information content (AvgIpc) is 2.42. The first kappa shape index (κ1) is 16.2. The van der Waals surface area contributed by atoms with Gasteiger partial charge in [0, 0.05) is 0 Å². The largest absolute Gasteiger partial charge is 0.480 e. The van der Waals surface area contributed by atoms with E-state index in [0.29, 0.717) is 12.0 Å². The van der Waals surface area contributed by atoms with Gasteiger partial charge in [0.1, 0.15) is 12.1 Å². The van der Waals surface area contributed by atoms with Gasteiger partial charge >= 0.3 is 11.9 Å². The lowest BCUT2D eigenvalue weighted by atomic mass is 10.0. The first-order valence-corrected chi connectivity index (χ1v) is 6.57. The van der Waals surface area contributed by atoms with Crippen LogP contribution in [0.25, 0.3) is 0 Å². The first-order chi connectivity index (χ1) is 9.45. The minimum Gasteiger partial charge on any atom is -0.480 e. The molecule has 0 spiro atoms. The highest BCUT2D eigenvalue weighted by Gasteiger charge is 2.28. The Labute approximate surface area is 118 Å². The molecule has 0 aliphatic carbocycles. The van der Waals surface area contributed by atoms with Crippen LogP contribution in [-0.2, 0) is 14.3 Å². The number of rotatable bonds is 7. The Kier molecular flexibility index (Phi) is 6.18. The third-order valence-corrected chi connectivity index (χ3v) is 2.94. The lowest BCUT2D eigenvalue weighted by Gasteiger charge is -2.23. The molecule has 2 atom stereocenters. The highest BCUT2D eigenvalue weighted by atomic mass is 16.5. The van der Waals surface area contributed by atoms with Gasteiger partial charge in [-0.3, -0.25) is 14.9 Å². The average molecular weight is 279 g/mol. The minimum atomic E-state index is -1.02. The number of carboxylic acid groups (broad SMARTS) is 1. The summed E-state index contributed by atoms with van der Waals surface area (Å²) in [6, 6.07) is 7.21. The molecule has 1 aromatic rings. The summed E-state index contributed by atoms with van der Waals surface area (Å²) in [4.78, 5) is 23.2. The van der Waals surface area contributed by atoms with E-state index in [1.54, 1.807) is 24.3 Å². The molecule has 0 aliphatic rings. The standard InChI is InChI=1S/C15H21NO4/c1-10(2)9-12(15(19)20-3)16-13(14(17)18)11-7-5-4-6-8-11/h4-8,10,12-13,16H,9H2,1-3H3,(H,17,18). The summed E-state index contributed by atoms with van der Waals surface area (Å²) in [5, 5.41) is 12.2. The Bertz CT molecular complexity index is 444. The molecule has 2 unspecified atom stereocenters. The van der Waals surface area contributed by atoms with Gasteiger partial charge in [0.15, 0.2) is 0 Å². The number of hydrogen-bond acceptors (Lipinski definition) is 4. The molecule has 0 saturated heterocycles. The SMILES string of the molecule is COC(=O)C(CC(C)C)NC(C(=O)O)c1ccccc1. The molecule has 2 N–H and O–H groups in total. The van der Waals surface area contributed by atoms with Crippen molar-refractivity contribution in [3.63, 3.8) is 0 Å². The molecule has 1 rings (SSSR count). The number of carboxylic acids is 1. The van der Waals surface area contributed by atoms with Crippen LogP contribution in [0.5, 0.6) is 0 Å². The van der Waals surface area contributed by atoms with E-state index in [1.807, 2.05) is 19.9 Å². The van der Waals surface area contributed by atoms with Crippen LogP contribution in [0.2, 0.25) is 0 Å². The van der Waals surface area contributed by atoms with Gasteiger partial charge in [-0.1, -0.05) is 44.2 Å². The summed E-state index contributed by atoms with van der Waals surface area (Å²) in [6.07, 6.45) is 0.517. The molecule has 0 aliphatic heterocycles. The van der Waals surface area contributed by atoms with Crippen molar-refractivity contribution in [2.45, 2.75) is 32.4 Å². The monoisotopic (exact) mass is 279 g/mol. The third kappa shape index (κ3) is 4.66. The van der Waals surface area contributed by atoms with Crippen LogP contribution >= 0.6 is 0 Å². The summed E-state index contributed by atoms with van der Waals surface area (Å²) in [6.45, 7) is 3.94. The van der Waals surface area contributed by atoms with Gasteiger partial charge in [-0.15, -0.1) is 0 Å². The van der Waals surface area contributed by atoms with Crippen molar-refractivity contribution >= 4 is 11.9 Å². The molecule has 5 heteroatoms. The fourth-order valence-electron chi connectivity index (χ4n) is 2.00. The molecule has 0 heterocycles. The highest BCUT2D eigenvalue weighted by Crippen LogP contribution is 2.16. The lowest BCUT2D eigenvalue weighted by molar-refractivity contribution is -0.145. The summed E-state index contributed by atoms with van der Waals surface area (Å²) >= 11 is 0. The van der Waals surface area contributed by atoms with Crippen molar-refractivity contribution in [1.29, 1.82) is 0 Å². The fraction of sp³-hybridized carbons (Fsp3) is 0.467. The maximum atomic E-state index is 11.8. The van der Waals surface area contributed by atoms with Gasteiger partial charge in [-0.2, -0.15) is 0 Å². The summed E-state index contributed by atoms with van der Waals surface area (Å²) in [7, 11) is 1.30. The molecule has 0 bridgehead atoms. The van der Waals surface area contributed by atoms with Gasteiger partial charge in [-0.25, -0.2) is 0 Å². The zero-order valence-electron chi connectivity index (χ0n) is 12.0. The van der Waals surface area contributed by atoms with Crippen molar-refractivity contribution in [3.05, 3.63) is 35.9 Å². The van der Waals surface area contributed by atoms with E-state index in [-0.39, 0.29) is 5.92 Å². The Morgan fingerprint density at radius 1 is 1.25 bits per heavy atom.